The molecule has 0 aliphatic carbocycles. The molecule has 5 nitrogen and oxygen atoms in total. The number of aliphatic hydroxyl groups excluding tert-OH is 1. The third-order valence-electron chi connectivity index (χ3n) is 1.61. The van der Waals surface area contributed by atoms with Crippen molar-refractivity contribution in [1.82, 2.24) is 0 Å². The van der Waals surface area contributed by atoms with Crippen LogP contribution >= 0.6 is 0 Å². The molecule has 1 aromatic rings. The van der Waals surface area contributed by atoms with Gasteiger partial charge in [-0.05, 0) is 31.2 Å². The average Bonchev–Trinajstić information content (AvgIpc) is 2.16. The van der Waals surface area contributed by atoms with Crippen molar-refractivity contribution >= 4 is 11.7 Å². The average molecular weight is 210 g/mol. The van der Waals surface area contributed by atoms with Gasteiger partial charge in [-0.25, -0.2) is 4.79 Å². The van der Waals surface area contributed by atoms with Crippen LogP contribution in [0.25, 0.3) is 0 Å². The van der Waals surface area contributed by atoms with Crippen LogP contribution in [0.2, 0.25) is 0 Å². The Labute approximate surface area is 87.9 Å². The Morgan fingerprint density at radius 3 is 2.60 bits per heavy atom. The maximum absolute atomic E-state index is 10.5. The van der Waals surface area contributed by atoms with E-state index >= 15 is 0 Å². The van der Waals surface area contributed by atoms with Crippen LogP contribution in [0.15, 0.2) is 24.3 Å². The highest BCUT2D eigenvalue weighted by Crippen LogP contribution is 2.15. The van der Waals surface area contributed by atoms with Crippen LogP contribution in [-0.4, -0.2) is 23.8 Å². The van der Waals surface area contributed by atoms with Gasteiger partial charge in [-0.1, -0.05) is 0 Å². The standard InChI is InChI=1S/C10H14N2O3/c1-7(13)6-15-9-4-2-8(3-5-9)12-10(11)14/h2-5,7,13H,6H2,1H3,(H3,11,12,14)/t7-/m1/s1. The minimum atomic E-state index is -0.604. The third-order valence-corrected chi connectivity index (χ3v) is 1.61. The lowest BCUT2D eigenvalue weighted by molar-refractivity contribution is 0.123. The molecule has 1 aromatic carbocycles. The van der Waals surface area contributed by atoms with Gasteiger partial charge in [-0.15, -0.1) is 0 Å². The molecule has 1 rings (SSSR count). The Bertz CT molecular complexity index is 322. The zero-order valence-electron chi connectivity index (χ0n) is 8.43. The molecule has 0 aromatic heterocycles. The molecule has 2 amide bonds. The number of nitrogens with two attached hydrogens (primary N) is 1. The lowest BCUT2D eigenvalue weighted by Gasteiger charge is -2.08. The van der Waals surface area contributed by atoms with E-state index in [9.17, 15) is 4.79 Å². The minimum absolute atomic E-state index is 0.239. The number of carbonyl (C=O) groups excluding carboxylic acids is 1. The van der Waals surface area contributed by atoms with Gasteiger partial charge in [0.25, 0.3) is 0 Å². The number of carbonyl (C=O) groups is 1. The van der Waals surface area contributed by atoms with Crippen molar-refractivity contribution in [2.45, 2.75) is 13.0 Å². The summed E-state index contributed by atoms with van der Waals surface area (Å²) in [6.07, 6.45) is -0.506. The van der Waals surface area contributed by atoms with Crippen LogP contribution in [0.5, 0.6) is 5.75 Å². The fourth-order valence-electron chi connectivity index (χ4n) is 0.994. The molecule has 15 heavy (non-hydrogen) atoms. The van der Waals surface area contributed by atoms with Gasteiger partial charge in [-0.2, -0.15) is 0 Å². The molecule has 0 bridgehead atoms. The number of urea groups is 1. The van der Waals surface area contributed by atoms with Crippen molar-refractivity contribution in [3.63, 3.8) is 0 Å². The van der Waals surface area contributed by atoms with E-state index in [1.807, 2.05) is 0 Å². The Kier molecular flexibility index (Phi) is 3.93. The van der Waals surface area contributed by atoms with E-state index in [4.69, 9.17) is 15.6 Å². The van der Waals surface area contributed by atoms with E-state index in [2.05, 4.69) is 5.32 Å². The topological polar surface area (TPSA) is 84.6 Å². The van der Waals surface area contributed by atoms with Crippen LogP contribution < -0.4 is 15.8 Å². The highest BCUT2D eigenvalue weighted by molar-refractivity contribution is 5.87. The summed E-state index contributed by atoms with van der Waals surface area (Å²) in [6, 6.07) is 6.11. The predicted molar refractivity (Wildman–Crippen MR) is 56.8 cm³/mol. The maximum atomic E-state index is 10.5. The molecular formula is C10H14N2O3. The number of anilines is 1. The summed E-state index contributed by atoms with van der Waals surface area (Å²) < 4.78 is 5.23. The first-order valence-electron chi connectivity index (χ1n) is 4.55. The molecule has 0 radical (unpaired) electrons. The first-order valence-corrected chi connectivity index (χ1v) is 4.55. The molecule has 0 spiro atoms. The molecule has 0 unspecified atom stereocenters. The normalized spacial score (nSPS) is 11.9. The fraction of sp³-hybridized carbons (Fsp3) is 0.300. The summed E-state index contributed by atoms with van der Waals surface area (Å²) in [4.78, 5) is 10.5. The van der Waals surface area contributed by atoms with Gasteiger partial charge in [-0.3, -0.25) is 0 Å². The molecule has 0 saturated carbocycles. The van der Waals surface area contributed by atoms with Crippen molar-refractivity contribution in [3.05, 3.63) is 24.3 Å². The van der Waals surface area contributed by atoms with Gasteiger partial charge in [0.05, 0.1) is 6.10 Å². The van der Waals surface area contributed by atoms with Crippen LogP contribution in [0, 0.1) is 0 Å². The molecule has 0 heterocycles. The zero-order valence-corrected chi connectivity index (χ0v) is 8.43. The number of benzene rings is 1. The fourth-order valence-corrected chi connectivity index (χ4v) is 0.994. The van der Waals surface area contributed by atoms with Gasteiger partial charge in [0.15, 0.2) is 0 Å². The first kappa shape index (κ1) is 11.3. The van der Waals surface area contributed by atoms with E-state index in [0.29, 0.717) is 11.4 Å². The lowest BCUT2D eigenvalue weighted by atomic mass is 10.3. The summed E-state index contributed by atoms with van der Waals surface area (Å²) in [6.45, 7) is 1.88. The molecule has 0 aliphatic heterocycles. The summed E-state index contributed by atoms with van der Waals surface area (Å²) in [7, 11) is 0. The highest BCUT2D eigenvalue weighted by atomic mass is 16.5. The van der Waals surface area contributed by atoms with Crippen molar-refractivity contribution in [3.8, 4) is 5.75 Å². The molecule has 0 aliphatic rings. The smallest absolute Gasteiger partial charge is 0.316 e. The van der Waals surface area contributed by atoms with E-state index in [1.54, 1.807) is 31.2 Å². The van der Waals surface area contributed by atoms with Gasteiger partial charge in [0.2, 0.25) is 0 Å². The molecule has 82 valence electrons. The number of hydrogen-bond acceptors (Lipinski definition) is 3. The van der Waals surface area contributed by atoms with Gasteiger partial charge in [0, 0.05) is 5.69 Å². The monoisotopic (exact) mass is 210 g/mol. The van der Waals surface area contributed by atoms with Gasteiger partial charge < -0.3 is 20.9 Å². The second-order valence-electron chi connectivity index (χ2n) is 3.17. The van der Waals surface area contributed by atoms with E-state index in [-0.39, 0.29) is 6.61 Å². The molecule has 5 heteroatoms. The number of aliphatic hydroxyl groups is 1. The minimum Gasteiger partial charge on any atom is -0.491 e. The molecule has 4 N–H and O–H groups in total. The summed E-state index contributed by atoms with van der Waals surface area (Å²) in [5, 5.41) is 11.4. The van der Waals surface area contributed by atoms with E-state index in [0.717, 1.165) is 0 Å². The van der Waals surface area contributed by atoms with Crippen LogP contribution in [0.4, 0.5) is 10.5 Å². The number of nitrogens with one attached hydrogen (secondary N) is 1. The van der Waals surface area contributed by atoms with Crippen molar-refractivity contribution in [1.29, 1.82) is 0 Å². The zero-order chi connectivity index (χ0) is 11.3. The molecule has 0 saturated heterocycles. The molecule has 0 fully saturated rings. The molecule has 1 atom stereocenters. The Morgan fingerprint density at radius 2 is 2.13 bits per heavy atom. The Hall–Kier alpha value is -1.75. The van der Waals surface area contributed by atoms with Gasteiger partial charge in [0.1, 0.15) is 12.4 Å². The van der Waals surface area contributed by atoms with Crippen molar-refractivity contribution < 1.29 is 14.6 Å². The Morgan fingerprint density at radius 1 is 1.53 bits per heavy atom. The Balaban J connectivity index is 2.52. The van der Waals surface area contributed by atoms with Crippen LogP contribution in [-0.2, 0) is 0 Å². The summed E-state index contributed by atoms with van der Waals surface area (Å²) >= 11 is 0. The molecular weight excluding hydrogens is 196 g/mol. The number of ether oxygens (including phenoxy) is 1. The van der Waals surface area contributed by atoms with Crippen molar-refractivity contribution in [2.24, 2.45) is 5.73 Å². The third kappa shape index (κ3) is 4.33. The van der Waals surface area contributed by atoms with E-state index < -0.39 is 12.1 Å². The quantitative estimate of drug-likeness (QED) is 0.691. The van der Waals surface area contributed by atoms with Crippen LogP contribution in [0.3, 0.4) is 0 Å². The lowest BCUT2D eigenvalue weighted by Crippen LogP contribution is -2.19. The predicted octanol–water partition coefficient (Wildman–Crippen LogP) is 0.937. The largest absolute Gasteiger partial charge is 0.491 e. The second-order valence-corrected chi connectivity index (χ2v) is 3.17. The van der Waals surface area contributed by atoms with Gasteiger partial charge >= 0.3 is 6.03 Å². The van der Waals surface area contributed by atoms with Crippen molar-refractivity contribution in [2.75, 3.05) is 11.9 Å². The summed E-state index contributed by atoms with van der Waals surface area (Å²) in [5.74, 6) is 0.630. The highest BCUT2D eigenvalue weighted by Gasteiger charge is 1.99. The SMILES string of the molecule is C[C@@H](O)COc1ccc(NC(N)=O)cc1. The summed E-state index contributed by atoms with van der Waals surface area (Å²) in [5.41, 5.74) is 5.55. The maximum Gasteiger partial charge on any atom is 0.316 e. The number of rotatable bonds is 4. The van der Waals surface area contributed by atoms with E-state index in [1.165, 1.54) is 0 Å². The first-order chi connectivity index (χ1) is 7.08. The number of primary amides is 1. The number of hydrogen-bond donors (Lipinski definition) is 3. The number of amides is 2. The second kappa shape index (κ2) is 5.21. The van der Waals surface area contributed by atoms with Crippen LogP contribution in [0.1, 0.15) is 6.92 Å².